The Kier molecular flexibility index (Phi) is 6.46. The summed E-state index contributed by atoms with van der Waals surface area (Å²) in [6.07, 6.45) is 3.99. The SMILES string of the molecule is CC(=O)c1c(C2CC3CC(O)C(C2)N3CC(O)C=O)nc2c(-c3ccc(-c4ccccc4)nc3)cnn2c1N. The summed E-state index contributed by atoms with van der Waals surface area (Å²) in [5.74, 6) is -0.0989. The zero-order chi connectivity index (χ0) is 27.3. The van der Waals surface area contributed by atoms with Crippen molar-refractivity contribution in [2.24, 2.45) is 0 Å². The van der Waals surface area contributed by atoms with Crippen molar-refractivity contribution in [3.8, 4) is 22.4 Å². The van der Waals surface area contributed by atoms with Crippen molar-refractivity contribution in [2.75, 3.05) is 12.3 Å². The lowest BCUT2D eigenvalue weighted by Crippen LogP contribution is -2.48. The van der Waals surface area contributed by atoms with E-state index in [1.807, 2.05) is 47.4 Å². The number of benzene rings is 1. The number of nitrogens with zero attached hydrogens (tertiary/aromatic N) is 5. The average molecular weight is 527 g/mol. The van der Waals surface area contributed by atoms with Crippen molar-refractivity contribution in [1.29, 1.82) is 0 Å². The summed E-state index contributed by atoms with van der Waals surface area (Å²) in [5.41, 5.74) is 11.5. The molecule has 4 N–H and O–H groups in total. The molecule has 5 atom stereocenters. The van der Waals surface area contributed by atoms with Crippen LogP contribution in [-0.2, 0) is 4.79 Å². The highest BCUT2D eigenvalue weighted by atomic mass is 16.3. The molecular formula is C29H30N6O4. The molecule has 200 valence electrons. The standard InChI is InChI=1S/C29H30N6O4/c1-16(37)26-27(19-9-20-11-25(39)24(10-19)34(20)14-21(38)15-36)33-29-22(13-32-35(29)28(26)30)18-7-8-23(31-12-18)17-5-3-2-4-6-17/h2-8,12-13,15,19-21,24-25,38-39H,9-11,14,30H2,1H3. The molecular weight excluding hydrogens is 496 g/mol. The Balaban J connectivity index is 1.39. The van der Waals surface area contributed by atoms with Gasteiger partial charge in [-0.1, -0.05) is 36.4 Å². The molecule has 10 heteroatoms. The number of aldehydes is 1. The van der Waals surface area contributed by atoms with Gasteiger partial charge in [0, 0.05) is 47.4 Å². The second-order valence-electron chi connectivity index (χ2n) is 10.5. The highest BCUT2D eigenvalue weighted by molar-refractivity contribution is 6.00. The smallest absolute Gasteiger partial charge is 0.165 e. The summed E-state index contributed by atoms with van der Waals surface area (Å²) in [6.45, 7) is 1.65. The Hall–Kier alpha value is -3.99. The van der Waals surface area contributed by atoms with Crippen LogP contribution in [0.2, 0.25) is 0 Å². The molecule has 0 aliphatic carbocycles. The van der Waals surface area contributed by atoms with Crippen LogP contribution in [0.4, 0.5) is 5.82 Å². The number of ketones is 1. The first-order valence-electron chi connectivity index (χ1n) is 13.1. The van der Waals surface area contributed by atoms with Crippen LogP contribution in [0.15, 0.2) is 54.9 Å². The lowest BCUT2D eigenvalue weighted by Gasteiger charge is -2.39. The lowest BCUT2D eigenvalue weighted by molar-refractivity contribution is -0.116. The van der Waals surface area contributed by atoms with Gasteiger partial charge in [-0.05, 0) is 32.3 Å². The molecule has 5 unspecified atom stereocenters. The molecule has 0 radical (unpaired) electrons. The number of carbonyl (C=O) groups excluding carboxylic acids is 2. The van der Waals surface area contributed by atoms with Crippen LogP contribution in [0.5, 0.6) is 0 Å². The predicted octanol–water partition coefficient (Wildman–Crippen LogP) is 2.48. The number of aliphatic hydroxyl groups is 2. The molecule has 2 bridgehead atoms. The van der Waals surface area contributed by atoms with E-state index in [9.17, 15) is 19.8 Å². The third-order valence-electron chi connectivity index (χ3n) is 8.08. The Morgan fingerprint density at radius 3 is 2.59 bits per heavy atom. The quantitative estimate of drug-likeness (QED) is 0.244. The first-order chi connectivity index (χ1) is 18.9. The van der Waals surface area contributed by atoms with Gasteiger partial charge in [-0.3, -0.25) is 14.7 Å². The number of Topliss-reactive ketones (excluding diaryl/α,β-unsaturated/α-hetero) is 1. The number of pyridine rings is 1. The molecule has 5 heterocycles. The number of aromatic nitrogens is 4. The number of hydrogen-bond donors (Lipinski definition) is 3. The first-order valence-corrected chi connectivity index (χ1v) is 13.1. The Labute approximate surface area is 225 Å². The molecule has 2 saturated heterocycles. The van der Waals surface area contributed by atoms with E-state index in [4.69, 9.17) is 10.7 Å². The number of nitrogens with two attached hydrogens (primary N) is 1. The molecule has 10 nitrogen and oxygen atoms in total. The van der Waals surface area contributed by atoms with Crippen LogP contribution < -0.4 is 5.73 Å². The summed E-state index contributed by atoms with van der Waals surface area (Å²) in [4.78, 5) is 35.5. The molecule has 1 aromatic carbocycles. The van der Waals surface area contributed by atoms with E-state index in [0.29, 0.717) is 42.5 Å². The van der Waals surface area contributed by atoms with Gasteiger partial charge in [-0.15, -0.1) is 0 Å². The molecule has 2 aliphatic heterocycles. The largest absolute Gasteiger partial charge is 0.391 e. The van der Waals surface area contributed by atoms with E-state index < -0.39 is 12.2 Å². The van der Waals surface area contributed by atoms with Gasteiger partial charge in [0.05, 0.1) is 29.3 Å². The molecule has 2 fully saturated rings. The number of aliphatic hydroxyl groups excluding tert-OH is 2. The number of piperidine rings is 1. The van der Waals surface area contributed by atoms with Gasteiger partial charge in [0.25, 0.3) is 0 Å². The number of anilines is 1. The summed E-state index contributed by atoms with van der Waals surface area (Å²) in [5, 5.41) is 25.1. The van der Waals surface area contributed by atoms with E-state index in [2.05, 4.69) is 10.1 Å². The molecule has 6 rings (SSSR count). The normalized spacial score (nSPS) is 23.7. The Bertz CT molecular complexity index is 1540. The van der Waals surface area contributed by atoms with Crippen LogP contribution in [0.25, 0.3) is 28.0 Å². The molecule has 2 aliphatic rings. The van der Waals surface area contributed by atoms with Crippen molar-refractivity contribution >= 4 is 23.5 Å². The maximum absolute atomic E-state index is 12.8. The molecule has 0 saturated carbocycles. The maximum atomic E-state index is 12.8. The van der Waals surface area contributed by atoms with Crippen molar-refractivity contribution < 1.29 is 19.8 Å². The van der Waals surface area contributed by atoms with E-state index >= 15 is 0 Å². The fourth-order valence-corrected chi connectivity index (χ4v) is 6.30. The average Bonchev–Trinajstić information content (AvgIpc) is 3.44. The topological polar surface area (TPSA) is 147 Å². The number of hydrogen-bond acceptors (Lipinski definition) is 9. The van der Waals surface area contributed by atoms with Gasteiger partial charge >= 0.3 is 0 Å². The fraction of sp³-hybridized carbons (Fsp3) is 0.345. The number of fused-ring (bicyclic) bond motifs is 3. The zero-order valence-electron chi connectivity index (χ0n) is 21.5. The minimum atomic E-state index is -1.11. The zero-order valence-corrected chi connectivity index (χ0v) is 21.5. The summed E-state index contributed by atoms with van der Waals surface area (Å²) >= 11 is 0. The van der Waals surface area contributed by atoms with Crippen LogP contribution in [0.3, 0.4) is 0 Å². The van der Waals surface area contributed by atoms with Gasteiger partial charge in [0.2, 0.25) is 0 Å². The van der Waals surface area contributed by atoms with Crippen molar-refractivity contribution in [3.63, 3.8) is 0 Å². The third-order valence-corrected chi connectivity index (χ3v) is 8.08. The molecule has 3 aromatic heterocycles. The monoisotopic (exact) mass is 526 g/mol. The minimum absolute atomic E-state index is 0.0449. The van der Waals surface area contributed by atoms with Crippen LogP contribution >= 0.6 is 0 Å². The first kappa shape index (κ1) is 25.3. The van der Waals surface area contributed by atoms with Crippen molar-refractivity contribution in [1.82, 2.24) is 24.5 Å². The molecule has 4 aromatic rings. The highest BCUT2D eigenvalue weighted by Gasteiger charge is 2.47. The van der Waals surface area contributed by atoms with Gasteiger partial charge in [0.1, 0.15) is 18.2 Å². The van der Waals surface area contributed by atoms with Crippen molar-refractivity contribution in [2.45, 2.75) is 56.4 Å². The summed E-state index contributed by atoms with van der Waals surface area (Å²) < 4.78 is 1.50. The number of rotatable bonds is 7. The van der Waals surface area contributed by atoms with Crippen LogP contribution in [0, 0.1) is 0 Å². The van der Waals surface area contributed by atoms with Gasteiger partial charge < -0.3 is 20.7 Å². The minimum Gasteiger partial charge on any atom is -0.391 e. The summed E-state index contributed by atoms with van der Waals surface area (Å²) in [6, 6.07) is 13.5. The second kappa shape index (κ2) is 9.96. The van der Waals surface area contributed by atoms with Crippen LogP contribution in [-0.4, -0.2) is 77.6 Å². The molecule has 39 heavy (non-hydrogen) atoms. The Morgan fingerprint density at radius 1 is 1.13 bits per heavy atom. The van der Waals surface area contributed by atoms with E-state index in [0.717, 1.165) is 22.4 Å². The van der Waals surface area contributed by atoms with Gasteiger partial charge in [-0.2, -0.15) is 9.61 Å². The van der Waals surface area contributed by atoms with E-state index in [1.165, 1.54) is 11.4 Å². The van der Waals surface area contributed by atoms with Crippen molar-refractivity contribution in [3.05, 3.63) is 66.1 Å². The molecule has 0 spiro atoms. The highest BCUT2D eigenvalue weighted by Crippen LogP contribution is 2.44. The van der Waals surface area contributed by atoms with E-state index in [1.54, 1.807) is 12.4 Å². The fourth-order valence-electron chi connectivity index (χ4n) is 6.30. The molecule has 0 amide bonds. The lowest BCUT2D eigenvalue weighted by atomic mass is 9.85. The van der Waals surface area contributed by atoms with Gasteiger partial charge in [0.15, 0.2) is 11.4 Å². The predicted molar refractivity (Wildman–Crippen MR) is 145 cm³/mol. The number of nitrogen functional groups attached to an aromatic ring is 1. The number of carbonyl (C=O) groups is 2. The second-order valence-corrected chi connectivity index (χ2v) is 10.5. The summed E-state index contributed by atoms with van der Waals surface area (Å²) in [7, 11) is 0. The van der Waals surface area contributed by atoms with E-state index in [-0.39, 0.29) is 36.1 Å². The van der Waals surface area contributed by atoms with Crippen LogP contribution in [0.1, 0.15) is 48.2 Å². The maximum Gasteiger partial charge on any atom is 0.165 e. The Morgan fingerprint density at radius 2 is 1.92 bits per heavy atom. The third kappa shape index (κ3) is 4.40. The van der Waals surface area contributed by atoms with Gasteiger partial charge in [-0.25, -0.2) is 4.98 Å².